The molecule has 24 heavy (non-hydrogen) atoms. The maximum Gasteiger partial charge on any atom is 0.255 e. The summed E-state index contributed by atoms with van der Waals surface area (Å²) in [5.41, 5.74) is 0.457. The molecule has 1 aromatic rings. The molecular weight excluding hydrogens is 347 g/mol. The Hall–Kier alpha value is -1.79. The van der Waals surface area contributed by atoms with Crippen LogP contribution in [0.15, 0.2) is 18.2 Å². The minimum Gasteiger partial charge on any atom is -0.336 e. The van der Waals surface area contributed by atoms with E-state index in [9.17, 15) is 4.79 Å². The Bertz CT molecular complexity index is 672. The lowest BCUT2D eigenvalue weighted by molar-refractivity contribution is 0.0625. The van der Waals surface area contributed by atoms with E-state index in [1.165, 1.54) is 0 Å². The highest BCUT2D eigenvalue weighted by Crippen LogP contribution is 2.23. The van der Waals surface area contributed by atoms with Crippen LogP contribution in [-0.2, 0) is 0 Å². The van der Waals surface area contributed by atoms with Gasteiger partial charge in [0.25, 0.3) is 5.91 Å². The summed E-state index contributed by atoms with van der Waals surface area (Å²) in [5.74, 6) is -0.241. The predicted octanol–water partition coefficient (Wildman–Crippen LogP) is 3.19. The topological polar surface area (TPSA) is 71.1 Å². The third-order valence-electron chi connectivity index (χ3n) is 4.09. The summed E-state index contributed by atoms with van der Waals surface area (Å²) in [6.07, 6.45) is 0.984. The molecule has 0 saturated carbocycles. The largest absolute Gasteiger partial charge is 0.336 e. The van der Waals surface area contributed by atoms with Gasteiger partial charge in [-0.3, -0.25) is 9.69 Å². The van der Waals surface area contributed by atoms with E-state index < -0.39 is 0 Å². The molecule has 2 rings (SSSR count). The second-order valence-electron chi connectivity index (χ2n) is 5.74. The Morgan fingerprint density at radius 2 is 1.92 bits per heavy atom. The lowest BCUT2D eigenvalue weighted by Gasteiger charge is -2.35. The van der Waals surface area contributed by atoms with E-state index in [0.717, 1.165) is 0 Å². The van der Waals surface area contributed by atoms with Crippen LogP contribution in [0.2, 0.25) is 10.0 Å². The number of carbonyl (C=O) groups excluding carboxylic acids is 1. The van der Waals surface area contributed by atoms with Gasteiger partial charge < -0.3 is 4.90 Å². The highest BCUT2D eigenvalue weighted by Gasteiger charge is 2.25. The summed E-state index contributed by atoms with van der Waals surface area (Å²) >= 11 is 12.0. The van der Waals surface area contributed by atoms with E-state index in [-0.39, 0.29) is 11.8 Å². The van der Waals surface area contributed by atoms with Crippen LogP contribution in [0, 0.1) is 28.6 Å². The van der Waals surface area contributed by atoms with Crippen molar-refractivity contribution in [3.05, 3.63) is 33.8 Å². The van der Waals surface area contributed by atoms with E-state index >= 15 is 0 Å². The van der Waals surface area contributed by atoms with Gasteiger partial charge in [-0.1, -0.05) is 23.2 Å². The lowest BCUT2D eigenvalue weighted by Crippen LogP contribution is -2.49. The molecule has 0 aliphatic carbocycles. The number of benzene rings is 1. The van der Waals surface area contributed by atoms with E-state index in [1.807, 2.05) is 0 Å². The summed E-state index contributed by atoms with van der Waals surface area (Å²) in [6, 6.07) is 9.20. The first-order chi connectivity index (χ1) is 11.5. The van der Waals surface area contributed by atoms with Gasteiger partial charge in [-0.15, -0.1) is 0 Å². The van der Waals surface area contributed by atoms with Gasteiger partial charge in [-0.05, 0) is 24.6 Å². The normalized spacial score (nSPS) is 16.2. The summed E-state index contributed by atoms with van der Waals surface area (Å²) < 4.78 is 0. The van der Waals surface area contributed by atoms with Crippen LogP contribution in [0.4, 0.5) is 0 Å². The molecule has 5 nitrogen and oxygen atoms in total. The van der Waals surface area contributed by atoms with Crippen LogP contribution in [-0.4, -0.2) is 48.4 Å². The Labute approximate surface area is 152 Å². The molecule has 7 heteroatoms. The maximum atomic E-state index is 12.5. The van der Waals surface area contributed by atoms with Crippen LogP contribution in [0.3, 0.4) is 0 Å². The minimum atomic E-state index is -0.141. The van der Waals surface area contributed by atoms with Crippen LogP contribution in [0.25, 0.3) is 0 Å². The Balaban J connectivity index is 1.89. The fraction of sp³-hybridized carbons (Fsp3) is 0.471. The van der Waals surface area contributed by atoms with Crippen LogP contribution in [0.1, 0.15) is 23.2 Å². The molecule has 1 heterocycles. The highest BCUT2D eigenvalue weighted by atomic mass is 35.5. The maximum absolute atomic E-state index is 12.5. The Morgan fingerprint density at radius 3 is 2.50 bits per heavy atom. The predicted molar refractivity (Wildman–Crippen MR) is 92.8 cm³/mol. The first-order valence-electron chi connectivity index (χ1n) is 7.78. The smallest absolute Gasteiger partial charge is 0.255 e. The van der Waals surface area contributed by atoms with E-state index in [1.54, 1.807) is 23.1 Å². The summed E-state index contributed by atoms with van der Waals surface area (Å²) in [4.78, 5) is 16.5. The lowest BCUT2D eigenvalue weighted by atomic mass is 10.0. The monoisotopic (exact) mass is 364 g/mol. The standard InChI is InChI=1S/C17H18Cl2N4O/c18-14-3-4-15(16(19)10-14)17(24)23-8-6-22(7-9-23)12-13(11-21)2-1-5-20/h3-4,10,13H,1-2,6-9,12H2/t13-/m1/s1. The number of nitriles is 2. The highest BCUT2D eigenvalue weighted by molar-refractivity contribution is 6.36. The molecular formula is C17H18Cl2N4O. The van der Waals surface area contributed by atoms with Crippen molar-refractivity contribution in [1.29, 1.82) is 10.5 Å². The molecule has 1 aromatic carbocycles. The first-order valence-corrected chi connectivity index (χ1v) is 8.54. The number of halogens is 2. The zero-order chi connectivity index (χ0) is 17.5. The zero-order valence-electron chi connectivity index (χ0n) is 13.2. The van der Waals surface area contributed by atoms with Gasteiger partial charge in [0.05, 0.1) is 28.6 Å². The zero-order valence-corrected chi connectivity index (χ0v) is 14.7. The molecule has 0 aromatic heterocycles. The number of rotatable bonds is 5. The van der Waals surface area contributed by atoms with E-state index in [2.05, 4.69) is 17.0 Å². The molecule has 0 bridgehead atoms. The van der Waals surface area contributed by atoms with Gasteiger partial charge >= 0.3 is 0 Å². The molecule has 0 N–H and O–H groups in total. The molecule has 0 spiro atoms. The van der Waals surface area contributed by atoms with Gasteiger partial charge in [0.15, 0.2) is 0 Å². The number of hydrogen-bond acceptors (Lipinski definition) is 4. The molecule has 1 saturated heterocycles. The third-order valence-corrected chi connectivity index (χ3v) is 4.63. The number of amides is 1. The Morgan fingerprint density at radius 1 is 1.21 bits per heavy atom. The van der Waals surface area contributed by atoms with Crippen molar-refractivity contribution in [3.8, 4) is 12.1 Å². The molecule has 1 atom stereocenters. The van der Waals surface area contributed by atoms with Crippen LogP contribution < -0.4 is 0 Å². The van der Waals surface area contributed by atoms with Gasteiger partial charge in [0, 0.05) is 44.2 Å². The molecule has 0 radical (unpaired) electrons. The van der Waals surface area contributed by atoms with Crippen LogP contribution >= 0.6 is 23.2 Å². The third kappa shape index (κ3) is 4.85. The van der Waals surface area contributed by atoms with Crippen molar-refractivity contribution >= 4 is 29.1 Å². The molecule has 1 aliphatic heterocycles. The second kappa shape index (κ2) is 8.89. The fourth-order valence-electron chi connectivity index (χ4n) is 2.71. The summed E-state index contributed by atoms with van der Waals surface area (Å²) in [6.45, 7) is 3.24. The van der Waals surface area contributed by atoms with Gasteiger partial charge in [-0.2, -0.15) is 10.5 Å². The summed E-state index contributed by atoms with van der Waals surface area (Å²) in [7, 11) is 0. The average molecular weight is 365 g/mol. The van der Waals surface area contributed by atoms with Crippen molar-refractivity contribution in [3.63, 3.8) is 0 Å². The molecule has 1 aliphatic rings. The molecule has 1 amide bonds. The van der Waals surface area contributed by atoms with Crippen molar-refractivity contribution in [1.82, 2.24) is 9.80 Å². The quantitative estimate of drug-likeness (QED) is 0.804. The van der Waals surface area contributed by atoms with Crippen molar-refractivity contribution < 1.29 is 4.79 Å². The molecule has 1 fully saturated rings. The van der Waals surface area contributed by atoms with Gasteiger partial charge in [-0.25, -0.2) is 0 Å². The summed E-state index contributed by atoms with van der Waals surface area (Å²) in [5, 5.41) is 18.6. The fourth-order valence-corrected chi connectivity index (χ4v) is 3.20. The number of hydrogen-bond donors (Lipinski definition) is 0. The minimum absolute atomic E-state index is 0.0994. The van der Waals surface area contributed by atoms with Crippen molar-refractivity contribution in [2.75, 3.05) is 32.7 Å². The SMILES string of the molecule is N#CCC[C@H](C#N)CN1CCN(C(=O)c2ccc(Cl)cc2Cl)CC1. The molecule has 126 valence electrons. The first kappa shape index (κ1) is 18.5. The molecule has 0 unspecified atom stereocenters. The average Bonchev–Trinajstić information content (AvgIpc) is 2.58. The van der Waals surface area contributed by atoms with Crippen molar-refractivity contribution in [2.45, 2.75) is 12.8 Å². The van der Waals surface area contributed by atoms with Crippen molar-refractivity contribution in [2.24, 2.45) is 5.92 Å². The Kier molecular flexibility index (Phi) is 6.87. The van der Waals surface area contributed by atoms with Gasteiger partial charge in [0.1, 0.15) is 0 Å². The number of nitrogens with zero attached hydrogens (tertiary/aromatic N) is 4. The van der Waals surface area contributed by atoms with E-state index in [4.69, 9.17) is 33.7 Å². The second-order valence-corrected chi connectivity index (χ2v) is 6.58. The number of carbonyl (C=O) groups is 1. The van der Waals surface area contributed by atoms with Gasteiger partial charge in [0.2, 0.25) is 0 Å². The van der Waals surface area contributed by atoms with Crippen LogP contribution in [0.5, 0.6) is 0 Å². The van der Waals surface area contributed by atoms with E-state index in [0.29, 0.717) is 61.2 Å². The number of piperazine rings is 1.